The van der Waals surface area contributed by atoms with Gasteiger partial charge in [-0.1, -0.05) is 24.6 Å². The molecule has 4 heteroatoms. The van der Waals surface area contributed by atoms with E-state index in [0.29, 0.717) is 6.04 Å². The van der Waals surface area contributed by atoms with E-state index in [2.05, 4.69) is 26.9 Å². The van der Waals surface area contributed by atoms with Gasteiger partial charge in [0.05, 0.1) is 17.4 Å². The summed E-state index contributed by atoms with van der Waals surface area (Å²) in [7, 11) is 0. The van der Waals surface area contributed by atoms with Gasteiger partial charge in [0.1, 0.15) is 0 Å². The fraction of sp³-hybridized carbons (Fsp3) is 0.429. The van der Waals surface area contributed by atoms with Crippen LogP contribution in [0.5, 0.6) is 0 Å². The Morgan fingerprint density at radius 1 is 1.22 bits per heavy atom. The van der Waals surface area contributed by atoms with Crippen molar-refractivity contribution in [1.29, 1.82) is 0 Å². The first kappa shape index (κ1) is 11.4. The zero-order valence-electron chi connectivity index (χ0n) is 10.4. The minimum atomic E-state index is 0.486. The Morgan fingerprint density at radius 2 is 2.17 bits per heavy atom. The van der Waals surface area contributed by atoms with Crippen LogP contribution in [-0.4, -0.2) is 29.3 Å². The predicted octanol–water partition coefficient (Wildman–Crippen LogP) is 2.18. The summed E-state index contributed by atoms with van der Waals surface area (Å²) in [5, 5.41) is 16.4. The Kier molecular flexibility index (Phi) is 3.37. The topological polar surface area (TPSA) is 49.8 Å². The largest absolute Gasteiger partial charge is 0.379 e. The van der Waals surface area contributed by atoms with Crippen LogP contribution in [0.25, 0.3) is 10.9 Å². The molecule has 94 valence electrons. The summed E-state index contributed by atoms with van der Waals surface area (Å²) in [5.74, 6) is 0. The van der Waals surface area contributed by atoms with E-state index in [9.17, 15) is 0 Å². The van der Waals surface area contributed by atoms with Gasteiger partial charge in [-0.05, 0) is 25.5 Å². The van der Waals surface area contributed by atoms with Crippen molar-refractivity contribution in [2.45, 2.75) is 25.3 Å². The first-order valence-corrected chi connectivity index (χ1v) is 6.61. The Labute approximate surface area is 107 Å². The van der Waals surface area contributed by atoms with Gasteiger partial charge in [-0.25, -0.2) is 0 Å². The Hall–Kier alpha value is -1.68. The lowest BCUT2D eigenvalue weighted by Crippen LogP contribution is -2.31. The Morgan fingerprint density at radius 3 is 3.17 bits per heavy atom. The highest BCUT2D eigenvalue weighted by molar-refractivity contribution is 5.90. The third-order valence-corrected chi connectivity index (χ3v) is 3.45. The Balaban J connectivity index is 1.85. The van der Waals surface area contributed by atoms with Crippen molar-refractivity contribution in [3.63, 3.8) is 0 Å². The summed E-state index contributed by atoms with van der Waals surface area (Å²) in [5.41, 5.74) is 2.04. The van der Waals surface area contributed by atoms with Crippen molar-refractivity contribution in [3.05, 3.63) is 30.5 Å². The van der Waals surface area contributed by atoms with E-state index in [1.54, 1.807) is 0 Å². The number of hydrogen-bond acceptors (Lipinski definition) is 4. The molecule has 0 spiro atoms. The third-order valence-electron chi connectivity index (χ3n) is 3.45. The molecule has 1 atom stereocenters. The highest BCUT2D eigenvalue weighted by atomic mass is 15.1. The van der Waals surface area contributed by atoms with Gasteiger partial charge < -0.3 is 10.6 Å². The van der Waals surface area contributed by atoms with Crippen LogP contribution in [-0.2, 0) is 0 Å². The van der Waals surface area contributed by atoms with Crippen molar-refractivity contribution in [2.24, 2.45) is 0 Å². The van der Waals surface area contributed by atoms with E-state index >= 15 is 0 Å². The maximum Gasteiger partial charge on any atom is 0.0950 e. The summed E-state index contributed by atoms with van der Waals surface area (Å²) in [6.07, 6.45) is 5.59. The van der Waals surface area contributed by atoms with Gasteiger partial charge >= 0.3 is 0 Å². The van der Waals surface area contributed by atoms with E-state index in [1.165, 1.54) is 19.3 Å². The molecule has 2 heterocycles. The average molecular weight is 242 g/mol. The first-order chi connectivity index (χ1) is 8.93. The molecule has 3 rings (SSSR count). The number of nitrogens with zero attached hydrogens (tertiary/aromatic N) is 2. The predicted molar refractivity (Wildman–Crippen MR) is 73.7 cm³/mol. The molecular formula is C14H18N4. The van der Waals surface area contributed by atoms with E-state index in [4.69, 9.17) is 0 Å². The van der Waals surface area contributed by atoms with Crippen LogP contribution in [0.1, 0.15) is 19.3 Å². The standard InChI is InChI=1S/C14H18N4/c1-2-7-13-12(6-1)14(10-16-18-13)17-11-5-3-4-8-15-9-11/h1-2,6-7,10-11,15H,3-5,8-9H2,(H,17,18). The molecule has 0 bridgehead atoms. The van der Waals surface area contributed by atoms with Crippen molar-refractivity contribution < 1.29 is 0 Å². The molecule has 0 saturated carbocycles. The summed E-state index contributed by atoms with van der Waals surface area (Å²) in [6.45, 7) is 2.16. The SMILES string of the molecule is c1ccc2c(NC3CCCCNC3)cnnc2c1. The van der Waals surface area contributed by atoms with Gasteiger partial charge in [0.25, 0.3) is 0 Å². The van der Waals surface area contributed by atoms with Gasteiger partial charge in [0.15, 0.2) is 0 Å². The highest BCUT2D eigenvalue weighted by Crippen LogP contribution is 2.21. The second-order valence-electron chi connectivity index (χ2n) is 4.82. The van der Waals surface area contributed by atoms with Gasteiger partial charge in [-0.3, -0.25) is 0 Å². The lowest BCUT2D eigenvalue weighted by Gasteiger charge is -2.18. The molecule has 0 amide bonds. The quantitative estimate of drug-likeness (QED) is 0.847. The molecule has 1 aromatic heterocycles. The van der Waals surface area contributed by atoms with Gasteiger partial charge in [-0.15, -0.1) is 0 Å². The molecule has 1 aliphatic rings. The van der Waals surface area contributed by atoms with Crippen LogP contribution < -0.4 is 10.6 Å². The smallest absolute Gasteiger partial charge is 0.0950 e. The number of rotatable bonds is 2. The number of anilines is 1. The van der Waals surface area contributed by atoms with Crippen LogP contribution in [0.2, 0.25) is 0 Å². The normalized spacial score (nSPS) is 20.6. The molecule has 2 N–H and O–H groups in total. The third kappa shape index (κ3) is 2.43. The summed E-state index contributed by atoms with van der Waals surface area (Å²) in [6, 6.07) is 8.62. The summed E-state index contributed by atoms with van der Waals surface area (Å²) >= 11 is 0. The van der Waals surface area contributed by atoms with Crippen molar-refractivity contribution >= 4 is 16.6 Å². The average Bonchev–Trinajstić information content (AvgIpc) is 2.68. The summed E-state index contributed by atoms with van der Waals surface area (Å²) in [4.78, 5) is 0. The molecule has 1 fully saturated rings. The second-order valence-corrected chi connectivity index (χ2v) is 4.82. The number of aromatic nitrogens is 2. The lowest BCUT2D eigenvalue weighted by atomic mass is 10.1. The molecule has 2 aromatic rings. The van der Waals surface area contributed by atoms with Crippen LogP contribution in [0.4, 0.5) is 5.69 Å². The van der Waals surface area contributed by atoms with E-state index in [0.717, 1.165) is 29.7 Å². The molecule has 18 heavy (non-hydrogen) atoms. The molecular weight excluding hydrogens is 224 g/mol. The van der Waals surface area contributed by atoms with Crippen molar-refractivity contribution in [3.8, 4) is 0 Å². The molecule has 1 aliphatic heterocycles. The minimum Gasteiger partial charge on any atom is -0.379 e. The molecule has 1 unspecified atom stereocenters. The zero-order chi connectivity index (χ0) is 12.2. The molecule has 1 aromatic carbocycles. The number of benzene rings is 1. The zero-order valence-corrected chi connectivity index (χ0v) is 10.4. The van der Waals surface area contributed by atoms with Crippen LogP contribution in [0.15, 0.2) is 30.5 Å². The fourth-order valence-electron chi connectivity index (χ4n) is 2.48. The van der Waals surface area contributed by atoms with Gasteiger partial charge in [0, 0.05) is 18.0 Å². The maximum atomic E-state index is 4.15. The number of nitrogens with one attached hydrogen (secondary N) is 2. The van der Waals surface area contributed by atoms with Gasteiger partial charge in [-0.2, -0.15) is 10.2 Å². The lowest BCUT2D eigenvalue weighted by molar-refractivity contribution is 0.636. The number of fused-ring (bicyclic) bond motifs is 1. The van der Waals surface area contributed by atoms with Crippen LogP contribution in [0, 0.1) is 0 Å². The van der Waals surface area contributed by atoms with Gasteiger partial charge in [0.2, 0.25) is 0 Å². The van der Waals surface area contributed by atoms with E-state index in [1.807, 2.05) is 24.4 Å². The van der Waals surface area contributed by atoms with Crippen LogP contribution in [0.3, 0.4) is 0 Å². The molecule has 0 aliphatic carbocycles. The molecule has 1 saturated heterocycles. The first-order valence-electron chi connectivity index (χ1n) is 6.61. The van der Waals surface area contributed by atoms with E-state index in [-0.39, 0.29) is 0 Å². The van der Waals surface area contributed by atoms with Crippen molar-refractivity contribution in [1.82, 2.24) is 15.5 Å². The fourth-order valence-corrected chi connectivity index (χ4v) is 2.48. The minimum absolute atomic E-state index is 0.486. The Bertz CT molecular complexity index is 513. The molecule has 4 nitrogen and oxygen atoms in total. The highest BCUT2D eigenvalue weighted by Gasteiger charge is 2.12. The molecule has 0 radical (unpaired) electrons. The maximum absolute atomic E-state index is 4.15. The van der Waals surface area contributed by atoms with Crippen LogP contribution >= 0.6 is 0 Å². The summed E-state index contributed by atoms with van der Waals surface area (Å²) < 4.78 is 0. The number of hydrogen-bond donors (Lipinski definition) is 2. The second kappa shape index (κ2) is 5.31. The monoisotopic (exact) mass is 242 g/mol. The van der Waals surface area contributed by atoms with E-state index < -0.39 is 0 Å². The van der Waals surface area contributed by atoms with Crippen molar-refractivity contribution in [2.75, 3.05) is 18.4 Å².